The Morgan fingerprint density at radius 3 is 2.76 bits per heavy atom. The van der Waals surface area contributed by atoms with Crippen molar-refractivity contribution >= 4 is 5.91 Å². The Labute approximate surface area is 128 Å². The average Bonchev–Trinajstić information content (AvgIpc) is 2.49. The number of amides is 1. The highest BCUT2D eigenvalue weighted by atomic mass is 16.1. The summed E-state index contributed by atoms with van der Waals surface area (Å²) in [7, 11) is 0. The molecule has 3 heteroatoms. The predicted octanol–water partition coefficient (Wildman–Crippen LogP) is 1.73. The molecule has 0 spiro atoms. The molecule has 1 aromatic rings. The van der Waals surface area contributed by atoms with Crippen LogP contribution in [-0.4, -0.2) is 25.0 Å². The maximum atomic E-state index is 12.0. The van der Waals surface area contributed by atoms with Crippen molar-refractivity contribution in [2.24, 2.45) is 11.8 Å². The van der Waals surface area contributed by atoms with Crippen molar-refractivity contribution in [3.05, 3.63) is 35.9 Å². The third-order valence-corrected chi connectivity index (χ3v) is 4.86. The molecular formula is C18H29N2O+. The maximum absolute atomic E-state index is 12.0. The van der Waals surface area contributed by atoms with Gasteiger partial charge in [-0.3, -0.25) is 4.79 Å². The predicted molar refractivity (Wildman–Crippen MR) is 85.9 cm³/mol. The van der Waals surface area contributed by atoms with E-state index in [4.69, 9.17) is 0 Å². The van der Waals surface area contributed by atoms with Crippen molar-refractivity contribution in [3.8, 4) is 0 Å². The number of nitrogens with one attached hydrogen (secondary N) is 1. The molecule has 0 unspecified atom stereocenters. The minimum absolute atomic E-state index is 0.189. The first-order valence-electron chi connectivity index (χ1n) is 8.31. The molecule has 1 fully saturated rings. The van der Waals surface area contributed by atoms with Gasteiger partial charge < -0.3 is 10.6 Å². The Bertz CT molecular complexity index is 432. The molecule has 3 nitrogen and oxygen atoms in total. The van der Waals surface area contributed by atoms with E-state index in [-0.39, 0.29) is 5.91 Å². The fourth-order valence-electron chi connectivity index (χ4n) is 3.20. The number of benzene rings is 1. The number of carbonyl (C=O) groups is 1. The molecule has 0 bridgehead atoms. The van der Waals surface area contributed by atoms with Crippen LogP contribution in [-0.2, 0) is 11.2 Å². The van der Waals surface area contributed by atoms with Crippen molar-refractivity contribution in [2.75, 3.05) is 13.1 Å². The summed E-state index contributed by atoms with van der Waals surface area (Å²) < 4.78 is 0. The topological polar surface area (TPSA) is 45.7 Å². The average molecular weight is 289 g/mol. The van der Waals surface area contributed by atoms with Crippen molar-refractivity contribution in [1.29, 1.82) is 0 Å². The van der Waals surface area contributed by atoms with E-state index in [1.54, 1.807) is 0 Å². The minimum atomic E-state index is 0.189. The summed E-state index contributed by atoms with van der Waals surface area (Å²) in [6.45, 7) is 6.08. The third kappa shape index (κ3) is 5.16. The lowest BCUT2D eigenvalue weighted by atomic mass is 9.78. The second kappa shape index (κ2) is 8.18. The zero-order chi connectivity index (χ0) is 15.1. The van der Waals surface area contributed by atoms with Crippen molar-refractivity contribution < 1.29 is 10.1 Å². The number of hydrogen-bond donors (Lipinski definition) is 2. The van der Waals surface area contributed by atoms with E-state index in [0.717, 1.165) is 25.3 Å². The monoisotopic (exact) mass is 289 g/mol. The molecule has 116 valence electrons. The van der Waals surface area contributed by atoms with E-state index in [2.05, 4.69) is 48.7 Å². The summed E-state index contributed by atoms with van der Waals surface area (Å²) >= 11 is 0. The van der Waals surface area contributed by atoms with Gasteiger partial charge in [0.2, 0.25) is 0 Å². The van der Waals surface area contributed by atoms with Crippen LogP contribution >= 0.6 is 0 Å². The molecule has 0 aromatic heterocycles. The van der Waals surface area contributed by atoms with Gasteiger partial charge in [0.25, 0.3) is 5.91 Å². The van der Waals surface area contributed by atoms with Crippen LogP contribution < -0.4 is 10.6 Å². The molecule has 1 aliphatic carbocycles. The Morgan fingerprint density at radius 1 is 1.24 bits per heavy atom. The Hall–Kier alpha value is -1.35. The Kier molecular flexibility index (Phi) is 6.24. The molecule has 0 saturated heterocycles. The van der Waals surface area contributed by atoms with E-state index in [0.29, 0.717) is 18.5 Å². The van der Waals surface area contributed by atoms with Gasteiger partial charge in [-0.2, -0.15) is 0 Å². The first-order valence-corrected chi connectivity index (χ1v) is 8.31. The molecule has 1 aromatic carbocycles. The van der Waals surface area contributed by atoms with Crippen LogP contribution in [0.5, 0.6) is 0 Å². The van der Waals surface area contributed by atoms with Gasteiger partial charge in [0, 0.05) is 12.5 Å². The SMILES string of the molecule is C[C@H]1[C@@H](C)CCC[C@H]1NC(=O)C[NH2+]CCc1ccccc1. The van der Waals surface area contributed by atoms with Crippen LogP contribution in [0.1, 0.15) is 38.7 Å². The second-order valence-electron chi connectivity index (χ2n) is 6.46. The van der Waals surface area contributed by atoms with Crippen LogP contribution in [0.25, 0.3) is 0 Å². The highest BCUT2D eigenvalue weighted by Crippen LogP contribution is 2.29. The second-order valence-corrected chi connectivity index (χ2v) is 6.46. The summed E-state index contributed by atoms with van der Waals surface area (Å²) in [4.78, 5) is 12.0. The van der Waals surface area contributed by atoms with Gasteiger partial charge in [-0.05, 0) is 23.8 Å². The standard InChI is InChI=1S/C18H28N2O/c1-14-7-6-10-17(15(14)2)20-18(21)13-19-12-11-16-8-4-3-5-9-16/h3-5,8-9,14-15,17,19H,6-7,10-13H2,1-2H3,(H,20,21)/p+1/t14-,15-,17+/m0/s1. The number of rotatable bonds is 6. The lowest BCUT2D eigenvalue weighted by Crippen LogP contribution is -2.87. The fraction of sp³-hybridized carbons (Fsp3) is 0.611. The van der Waals surface area contributed by atoms with Gasteiger partial charge in [-0.25, -0.2) is 0 Å². The van der Waals surface area contributed by atoms with Crippen LogP contribution in [0.3, 0.4) is 0 Å². The zero-order valence-corrected chi connectivity index (χ0v) is 13.3. The van der Waals surface area contributed by atoms with Gasteiger partial charge in [-0.1, -0.05) is 57.0 Å². The molecule has 0 aliphatic heterocycles. The summed E-state index contributed by atoms with van der Waals surface area (Å²) in [5, 5.41) is 5.34. The molecule has 21 heavy (non-hydrogen) atoms. The smallest absolute Gasteiger partial charge is 0.275 e. The molecule has 0 heterocycles. The van der Waals surface area contributed by atoms with Crippen molar-refractivity contribution in [1.82, 2.24) is 5.32 Å². The lowest BCUT2D eigenvalue weighted by Gasteiger charge is -2.34. The Balaban J connectivity index is 1.63. The molecule has 1 amide bonds. The van der Waals surface area contributed by atoms with Gasteiger partial charge in [0.1, 0.15) is 0 Å². The van der Waals surface area contributed by atoms with Crippen LogP contribution in [0.2, 0.25) is 0 Å². The number of carbonyl (C=O) groups excluding carboxylic acids is 1. The van der Waals surface area contributed by atoms with Gasteiger partial charge in [-0.15, -0.1) is 0 Å². The van der Waals surface area contributed by atoms with Crippen LogP contribution in [0.15, 0.2) is 30.3 Å². The zero-order valence-electron chi connectivity index (χ0n) is 13.3. The van der Waals surface area contributed by atoms with Crippen molar-refractivity contribution in [2.45, 2.75) is 45.6 Å². The summed E-state index contributed by atoms with van der Waals surface area (Å²) in [6.07, 6.45) is 4.71. The molecule has 1 saturated carbocycles. The van der Waals surface area contributed by atoms with E-state index in [1.165, 1.54) is 18.4 Å². The summed E-state index contributed by atoms with van der Waals surface area (Å²) in [5.74, 6) is 1.52. The molecular weight excluding hydrogens is 260 g/mol. The molecule has 3 atom stereocenters. The maximum Gasteiger partial charge on any atom is 0.275 e. The minimum Gasteiger partial charge on any atom is -0.348 e. The van der Waals surface area contributed by atoms with Crippen molar-refractivity contribution in [3.63, 3.8) is 0 Å². The summed E-state index contributed by atoms with van der Waals surface area (Å²) in [6, 6.07) is 10.8. The molecule has 2 rings (SSSR count). The van der Waals surface area contributed by atoms with Crippen LogP contribution in [0.4, 0.5) is 0 Å². The first-order chi connectivity index (χ1) is 10.2. The van der Waals surface area contributed by atoms with E-state index >= 15 is 0 Å². The van der Waals surface area contributed by atoms with E-state index < -0.39 is 0 Å². The first kappa shape index (κ1) is 16.0. The summed E-state index contributed by atoms with van der Waals surface area (Å²) in [5.41, 5.74) is 1.34. The molecule has 3 N–H and O–H groups in total. The van der Waals surface area contributed by atoms with Gasteiger partial charge >= 0.3 is 0 Å². The van der Waals surface area contributed by atoms with E-state index in [1.807, 2.05) is 6.07 Å². The van der Waals surface area contributed by atoms with Gasteiger partial charge in [0.05, 0.1) is 6.54 Å². The molecule has 1 aliphatic rings. The largest absolute Gasteiger partial charge is 0.348 e. The fourth-order valence-corrected chi connectivity index (χ4v) is 3.20. The third-order valence-electron chi connectivity index (χ3n) is 4.86. The number of nitrogens with two attached hydrogens (primary N) is 1. The quantitative estimate of drug-likeness (QED) is 0.770. The highest BCUT2D eigenvalue weighted by molar-refractivity contribution is 5.77. The van der Waals surface area contributed by atoms with E-state index in [9.17, 15) is 4.79 Å². The molecule has 0 radical (unpaired) electrons. The van der Waals surface area contributed by atoms with Crippen LogP contribution in [0, 0.1) is 11.8 Å². The number of quaternary nitrogens is 1. The van der Waals surface area contributed by atoms with Gasteiger partial charge in [0.15, 0.2) is 6.54 Å². The lowest BCUT2D eigenvalue weighted by molar-refractivity contribution is -0.643. The normalized spacial score (nSPS) is 25.5. The number of hydrogen-bond acceptors (Lipinski definition) is 1. The Morgan fingerprint density at radius 2 is 2.00 bits per heavy atom. The highest BCUT2D eigenvalue weighted by Gasteiger charge is 2.28.